The molecule has 2 heterocycles. The minimum absolute atomic E-state index is 0.123. The number of carbonyl (C=O) groups is 1. The van der Waals surface area contributed by atoms with Crippen LogP contribution in [0.1, 0.15) is 18.4 Å². The summed E-state index contributed by atoms with van der Waals surface area (Å²) >= 11 is 0. The number of aryl methyl sites for hydroxylation is 1. The van der Waals surface area contributed by atoms with Crippen LogP contribution < -0.4 is 4.90 Å². The van der Waals surface area contributed by atoms with Crippen LogP contribution in [-0.2, 0) is 9.53 Å². The van der Waals surface area contributed by atoms with Gasteiger partial charge >= 0.3 is 5.97 Å². The summed E-state index contributed by atoms with van der Waals surface area (Å²) in [5, 5.41) is 12.0. The van der Waals surface area contributed by atoms with Gasteiger partial charge in [0.15, 0.2) is 0 Å². The molecule has 0 aliphatic carbocycles. The predicted molar refractivity (Wildman–Crippen MR) is 80.8 cm³/mol. The number of methoxy groups -OCH3 is 1. The number of nitrogens with zero attached hydrogens (tertiary/aromatic N) is 5. The van der Waals surface area contributed by atoms with Gasteiger partial charge in [0.25, 0.3) is 0 Å². The first-order valence-corrected chi connectivity index (χ1v) is 7.37. The molecule has 1 aromatic carbocycles. The number of benzene rings is 1. The lowest BCUT2D eigenvalue weighted by Crippen LogP contribution is -2.40. The molecule has 0 unspecified atom stereocenters. The summed E-state index contributed by atoms with van der Waals surface area (Å²) in [5.74, 6) is 0.374. The minimum atomic E-state index is -0.168. The molecule has 1 aromatic heterocycles. The van der Waals surface area contributed by atoms with E-state index < -0.39 is 0 Å². The van der Waals surface area contributed by atoms with Crippen molar-refractivity contribution in [3.05, 3.63) is 29.8 Å². The van der Waals surface area contributed by atoms with Crippen molar-refractivity contribution in [2.45, 2.75) is 19.8 Å². The molecule has 1 aliphatic heterocycles. The molecule has 2 aromatic rings. The second kappa shape index (κ2) is 6.13. The van der Waals surface area contributed by atoms with E-state index in [1.807, 2.05) is 36.1 Å². The lowest BCUT2D eigenvalue weighted by Gasteiger charge is -2.31. The normalized spacial score (nSPS) is 18.3. The van der Waals surface area contributed by atoms with Crippen LogP contribution in [0.4, 0.5) is 5.95 Å². The van der Waals surface area contributed by atoms with Gasteiger partial charge in [0.1, 0.15) is 0 Å². The maximum absolute atomic E-state index is 11.8. The summed E-state index contributed by atoms with van der Waals surface area (Å²) in [4.78, 5) is 13.8. The molecule has 0 amide bonds. The molecule has 0 spiro atoms. The van der Waals surface area contributed by atoms with Crippen molar-refractivity contribution in [3.8, 4) is 5.69 Å². The highest BCUT2D eigenvalue weighted by Crippen LogP contribution is 2.23. The molecular weight excluding hydrogens is 282 g/mol. The summed E-state index contributed by atoms with van der Waals surface area (Å²) in [5.41, 5.74) is 2.09. The first-order valence-electron chi connectivity index (χ1n) is 7.37. The van der Waals surface area contributed by atoms with Gasteiger partial charge in [-0.15, -0.1) is 0 Å². The van der Waals surface area contributed by atoms with E-state index in [1.54, 1.807) is 4.68 Å². The standard InChI is InChI=1S/C15H19N5O2/c1-11-5-7-13(8-6-11)20-15(16-17-18-20)19-9-3-4-12(10-19)14(21)22-2/h5-8,12H,3-4,9-10H2,1-2H3/t12-/m1/s1. The molecule has 0 radical (unpaired) electrons. The molecule has 7 nitrogen and oxygen atoms in total. The van der Waals surface area contributed by atoms with Crippen molar-refractivity contribution in [2.24, 2.45) is 5.92 Å². The van der Waals surface area contributed by atoms with Crippen LogP contribution in [-0.4, -0.2) is 46.4 Å². The first-order chi connectivity index (χ1) is 10.7. The Morgan fingerprint density at radius 3 is 2.82 bits per heavy atom. The predicted octanol–water partition coefficient (Wildman–Crippen LogP) is 1.36. The summed E-state index contributed by atoms with van der Waals surface area (Å²) in [7, 11) is 1.43. The number of piperidine rings is 1. The maximum Gasteiger partial charge on any atom is 0.310 e. The van der Waals surface area contributed by atoms with Crippen molar-refractivity contribution in [2.75, 3.05) is 25.1 Å². The van der Waals surface area contributed by atoms with E-state index in [0.29, 0.717) is 12.5 Å². The van der Waals surface area contributed by atoms with E-state index in [-0.39, 0.29) is 11.9 Å². The molecule has 1 atom stereocenters. The minimum Gasteiger partial charge on any atom is -0.469 e. The number of anilines is 1. The molecule has 116 valence electrons. The third-order valence-electron chi connectivity index (χ3n) is 3.97. The number of aromatic nitrogens is 4. The van der Waals surface area contributed by atoms with Crippen LogP contribution in [0.3, 0.4) is 0 Å². The van der Waals surface area contributed by atoms with Gasteiger partial charge in [0.05, 0.1) is 18.7 Å². The van der Waals surface area contributed by atoms with Crippen LogP contribution in [0.2, 0.25) is 0 Å². The van der Waals surface area contributed by atoms with Crippen molar-refractivity contribution >= 4 is 11.9 Å². The average molecular weight is 301 g/mol. The molecule has 22 heavy (non-hydrogen) atoms. The molecule has 0 N–H and O–H groups in total. The summed E-state index contributed by atoms with van der Waals surface area (Å²) in [6, 6.07) is 8.01. The molecule has 0 saturated carbocycles. The highest BCUT2D eigenvalue weighted by atomic mass is 16.5. The molecule has 0 bridgehead atoms. The van der Waals surface area contributed by atoms with Gasteiger partial charge in [0, 0.05) is 13.1 Å². The average Bonchev–Trinajstić information content (AvgIpc) is 3.04. The highest BCUT2D eigenvalue weighted by Gasteiger charge is 2.29. The molecule has 3 rings (SSSR count). The number of esters is 1. The van der Waals surface area contributed by atoms with E-state index in [9.17, 15) is 4.79 Å². The molecule has 1 saturated heterocycles. The van der Waals surface area contributed by atoms with Gasteiger partial charge in [-0.2, -0.15) is 4.68 Å². The molecule has 1 fully saturated rings. The number of ether oxygens (including phenoxy) is 1. The zero-order chi connectivity index (χ0) is 15.5. The summed E-state index contributed by atoms with van der Waals surface area (Å²) in [6.45, 7) is 3.45. The van der Waals surface area contributed by atoms with Crippen LogP contribution in [0.5, 0.6) is 0 Å². The van der Waals surface area contributed by atoms with E-state index in [1.165, 1.54) is 12.7 Å². The van der Waals surface area contributed by atoms with Gasteiger partial charge in [-0.05, 0) is 42.3 Å². The third-order valence-corrected chi connectivity index (χ3v) is 3.97. The number of hydrogen-bond donors (Lipinski definition) is 0. The molecule has 1 aliphatic rings. The summed E-state index contributed by atoms with van der Waals surface area (Å²) < 4.78 is 6.57. The zero-order valence-electron chi connectivity index (χ0n) is 12.8. The lowest BCUT2D eigenvalue weighted by atomic mass is 9.98. The first kappa shape index (κ1) is 14.5. The number of hydrogen-bond acceptors (Lipinski definition) is 6. The second-order valence-corrected chi connectivity index (χ2v) is 5.53. The highest BCUT2D eigenvalue weighted by molar-refractivity contribution is 5.73. The van der Waals surface area contributed by atoms with Crippen LogP contribution in [0, 0.1) is 12.8 Å². The fourth-order valence-corrected chi connectivity index (χ4v) is 2.75. The molecular formula is C15H19N5O2. The van der Waals surface area contributed by atoms with Gasteiger partial charge < -0.3 is 9.64 Å². The fraction of sp³-hybridized carbons (Fsp3) is 0.467. The van der Waals surface area contributed by atoms with Crippen molar-refractivity contribution in [1.29, 1.82) is 0 Å². The topological polar surface area (TPSA) is 73.1 Å². The Morgan fingerprint density at radius 1 is 1.32 bits per heavy atom. The van der Waals surface area contributed by atoms with Crippen molar-refractivity contribution in [3.63, 3.8) is 0 Å². The van der Waals surface area contributed by atoms with Gasteiger partial charge in [-0.3, -0.25) is 4.79 Å². The Kier molecular flexibility index (Phi) is 4.04. The van der Waals surface area contributed by atoms with Crippen LogP contribution in [0.15, 0.2) is 24.3 Å². The van der Waals surface area contributed by atoms with E-state index in [0.717, 1.165) is 25.1 Å². The monoisotopic (exact) mass is 301 g/mol. The number of rotatable bonds is 3. The Labute approximate surface area is 128 Å². The number of tetrazole rings is 1. The smallest absolute Gasteiger partial charge is 0.310 e. The third kappa shape index (κ3) is 2.79. The Morgan fingerprint density at radius 2 is 2.09 bits per heavy atom. The van der Waals surface area contributed by atoms with Crippen molar-refractivity contribution in [1.82, 2.24) is 20.2 Å². The van der Waals surface area contributed by atoms with Gasteiger partial charge in [-0.25, -0.2) is 0 Å². The quantitative estimate of drug-likeness (QED) is 0.797. The van der Waals surface area contributed by atoms with E-state index in [4.69, 9.17) is 4.74 Å². The summed E-state index contributed by atoms with van der Waals surface area (Å²) in [6.07, 6.45) is 1.76. The maximum atomic E-state index is 11.8. The van der Waals surface area contributed by atoms with E-state index >= 15 is 0 Å². The Hall–Kier alpha value is -2.44. The molecule has 7 heteroatoms. The fourth-order valence-electron chi connectivity index (χ4n) is 2.75. The second-order valence-electron chi connectivity index (χ2n) is 5.53. The van der Waals surface area contributed by atoms with Gasteiger partial charge in [-0.1, -0.05) is 22.8 Å². The number of carbonyl (C=O) groups excluding carboxylic acids is 1. The van der Waals surface area contributed by atoms with Crippen LogP contribution >= 0.6 is 0 Å². The SMILES string of the molecule is COC(=O)[C@@H]1CCCN(c2nnnn2-c2ccc(C)cc2)C1. The Bertz CT molecular complexity index is 652. The van der Waals surface area contributed by atoms with Crippen molar-refractivity contribution < 1.29 is 9.53 Å². The zero-order valence-corrected chi connectivity index (χ0v) is 12.8. The lowest BCUT2D eigenvalue weighted by molar-refractivity contribution is -0.145. The van der Waals surface area contributed by atoms with E-state index in [2.05, 4.69) is 15.5 Å². The van der Waals surface area contributed by atoms with Gasteiger partial charge in [0.2, 0.25) is 5.95 Å². The van der Waals surface area contributed by atoms with Crippen LogP contribution in [0.25, 0.3) is 5.69 Å². The Balaban J connectivity index is 1.85. The largest absolute Gasteiger partial charge is 0.469 e.